The van der Waals surface area contributed by atoms with Gasteiger partial charge in [0.2, 0.25) is 0 Å². The molecule has 2 nitrogen and oxygen atoms in total. The molecular formula is C14H19F3N2S. The molecule has 0 saturated carbocycles. The van der Waals surface area contributed by atoms with E-state index < -0.39 is 11.7 Å². The van der Waals surface area contributed by atoms with Gasteiger partial charge in [-0.2, -0.15) is 13.2 Å². The van der Waals surface area contributed by atoms with Crippen LogP contribution in [0.15, 0.2) is 18.2 Å². The Hall–Kier alpha value is -1.30. The lowest BCUT2D eigenvalue weighted by atomic mass is 10.0. The molecule has 1 atom stereocenters. The number of hydrogen-bond donors (Lipinski definition) is 1. The molecule has 0 aliphatic carbocycles. The first-order valence-electron chi connectivity index (χ1n) is 6.50. The van der Waals surface area contributed by atoms with Gasteiger partial charge in [-0.15, -0.1) is 0 Å². The van der Waals surface area contributed by atoms with E-state index in [-0.39, 0.29) is 16.6 Å². The molecule has 0 radical (unpaired) electrons. The molecule has 0 bridgehead atoms. The van der Waals surface area contributed by atoms with E-state index in [0.29, 0.717) is 12.2 Å². The van der Waals surface area contributed by atoms with E-state index in [0.717, 1.165) is 12.5 Å². The Labute approximate surface area is 122 Å². The predicted molar refractivity (Wildman–Crippen MR) is 80.1 cm³/mol. The summed E-state index contributed by atoms with van der Waals surface area (Å²) in [5, 5.41) is 0. The second-order valence-electron chi connectivity index (χ2n) is 4.64. The fraction of sp³-hybridized carbons (Fsp3) is 0.500. The van der Waals surface area contributed by atoms with Crippen LogP contribution in [-0.2, 0) is 6.18 Å². The van der Waals surface area contributed by atoms with Crippen molar-refractivity contribution in [3.05, 3.63) is 29.3 Å². The lowest BCUT2D eigenvalue weighted by Crippen LogP contribution is -2.32. The van der Waals surface area contributed by atoms with E-state index >= 15 is 0 Å². The molecule has 112 valence electrons. The van der Waals surface area contributed by atoms with Crippen LogP contribution in [0.4, 0.5) is 18.9 Å². The third-order valence-electron chi connectivity index (χ3n) is 3.37. The van der Waals surface area contributed by atoms with Crippen LogP contribution < -0.4 is 10.6 Å². The number of halogens is 3. The molecule has 0 aliphatic heterocycles. The monoisotopic (exact) mass is 304 g/mol. The Morgan fingerprint density at radius 3 is 2.35 bits per heavy atom. The Morgan fingerprint density at radius 2 is 1.95 bits per heavy atom. The molecule has 1 aromatic rings. The van der Waals surface area contributed by atoms with Crippen LogP contribution >= 0.6 is 12.2 Å². The number of rotatable bonds is 5. The van der Waals surface area contributed by atoms with Crippen molar-refractivity contribution in [1.82, 2.24) is 0 Å². The maximum atomic E-state index is 12.9. The van der Waals surface area contributed by atoms with Crippen molar-refractivity contribution < 1.29 is 13.2 Å². The molecule has 0 amide bonds. The van der Waals surface area contributed by atoms with Crippen molar-refractivity contribution in [2.24, 2.45) is 5.73 Å². The zero-order valence-corrected chi connectivity index (χ0v) is 12.6. The van der Waals surface area contributed by atoms with Gasteiger partial charge >= 0.3 is 6.18 Å². The average Bonchev–Trinajstić information content (AvgIpc) is 2.37. The standard InChI is InChI=1S/C14H19F3N2S/c1-4-9(3)19(5-2)10-6-7-12(14(15,16)17)11(8-10)13(18)20/h6-9H,4-5H2,1-3H3,(H2,18,20). The number of alkyl halides is 3. The van der Waals surface area contributed by atoms with Crippen LogP contribution in [-0.4, -0.2) is 17.6 Å². The van der Waals surface area contributed by atoms with E-state index in [1.807, 2.05) is 25.7 Å². The number of thiocarbonyl (C=S) groups is 1. The Morgan fingerprint density at radius 1 is 1.35 bits per heavy atom. The van der Waals surface area contributed by atoms with Gasteiger partial charge in [-0.25, -0.2) is 0 Å². The highest BCUT2D eigenvalue weighted by atomic mass is 32.1. The van der Waals surface area contributed by atoms with Gasteiger partial charge in [-0.1, -0.05) is 19.1 Å². The van der Waals surface area contributed by atoms with Gasteiger partial charge in [0.15, 0.2) is 0 Å². The minimum absolute atomic E-state index is 0.119. The predicted octanol–water partition coefficient (Wildman–Crippen LogP) is 3.96. The van der Waals surface area contributed by atoms with Gasteiger partial charge < -0.3 is 10.6 Å². The maximum absolute atomic E-state index is 12.9. The zero-order valence-electron chi connectivity index (χ0n) is 11.8. The molecule has 0 aliphatic rings. The first-order valence-corrected chi connectivity index (χ1v) is 6.90. The second-order valence-corrected chi connectivity index (χ2v) is 5.08. The summed E-state index contributed by atoms with van der Waals surface area (Å²) in [6, 6.07) is 4.19. The van der Waals surface area contributed by atoms with Crippen molar-refractivity contribution >= 4 is 22.9 Å². The number of benzene rings is 1. The topological polar surface area (TPSA) is 29.3 Å². The molecule has 0 spiro atoms. The Kier molecular flexibility index (Phi) is 5.39. The number of nitrogens with two attached hydrogens (primary N) is 1. The van der Waals surface area contributed by atoms with Crippen LogP contribution in [0.5, 0.6) is 0 Å². The second kappa shape index (κ2) is 6.43. The largest absolute Gasteiger partial charge is 0.417 e. The molecule has 20 heavy (non-hydrogen) atoms. The van der Waals surface area contributed by atoms with E-state index in [2.05, 4.69) is 0 Å². The number of hydrogen-bond acceptors (Lipinski definition) is 2. The van der Waals surface area contributed by atoms with E-state index in [4.69, 9.17) is 18.0 Å². The molecule has 0 fully saturated rings. The molecule has 0 heterocycles. The zero-order chi connectivity index (χ0) is 15.5. The van der Waals surface area contributed by atoms with Crippen molar-refractivity contribution in [3.8, 4) is 0 Å². The van der Waals surface area contributed by atoms with Crippen molar-refractivity contribution in [2.45, 2.75) is 39.4 Å². The van der Waals surface area contributed by atoms with Crippen LogP contribution in [0.25, 0.3) is 0 Å². The number of nitrogens with zero attached hydrogens (tertiary/aromatic N) is 1. The first kappa shape index (κ1) is 16.8. The third kappa shape index (κ3) is 3.62. The van der Waals surface area contributed by atoms with Crippen molar-refractivity contribution in [2.75, 3.05) is 11.4 Å². The first-order chi connectivity index (χ1) is 9.22. The molecule has 6 heteroatoms. The fourth-order valence-corrected chi connectivity index (χ4v) is 2.30. The van der Waals surface area contributed by atoms with Crippen LogP contribution in [0.3, 0.4) is 0 Å². The summed E-state index contributed by atoms with van der Waals surface area (Å²) in [5.41, 5.74) is 5.25. The van der Waals surface area contributed by atoms with Gasteiger partial charge in [-0.05, 0) is 38.5 Å². The van der Waals surface area contributed by atoms with Crippen LogP contribution in [0.2, 0.25) is 0 Å². The maximum Gasteiger partial charge on any atom is 0.417 e. The van der Waals surface area contributed by atoms with Gasteiger partial charge in [0.05, 0.1) is 5.56 Å². The molecular weight excluding hydrogens is 285 g/mol. The van der Waals surface area contributed by atoms with E-state index in [9.17, 15) is 13.2 Å². The molecule has 2 N–H and O–H groups in total. The molecule has 1 aromatic carbocycles. The SMILES string of the molecule is CCC(C)N(CC)c1ccc(C(F)(F)F)c(C(N)=S)c1. The highest BCUT2D eigenvalue weighted by Crippen LogP contribution is 2.34. The summed E-state index contributed by atoms with van der Waals surface area (Å²) in [6.07, 6.45) is -3.55. The minimum atomic E-state index is -4.45. The minimum Gasteiger partial charge on any atom is -0.389 e. The highest BCUT2D eigenvalue weighted by molar-refractivity contribution is 7.80. The fourth-order valence-electron chi connectivity index (χ4n) is 2.13. The molecule has 1 unspecified atom stereocenters. The third-order valence-corrected chi connectivity index (χ3v) is 3.59. The molecule has 1 rings (SSSR count). The van der Waals surface area contributed by atoms with Gasteiger partial charge in [0.1, 0.15) is 4.99 Å². The normalized spacial score (nSPS) is 13.1. The summed E-state index contributed by atoms with van der Waals surface area (Å²) in [4.78, 5) is 1.79. The summed E-state index contributed by atoms with van der Waals surface area (Å²) in [7, 11) is 0. The molecule has 0 saturated heterocycles. The lowest BCUT2D eigenvalue weighted by Gasteiger charge is -2.30. The molecule has 0 aromatic heterocycles. The lowest BCUT2D eigenvalue weighted by molar-refractivity contribution is -0.137. The summed E-state index contributed by atoms with van der Waals surface area (Å²) >= 11 is 4.75. The van der Waals surface area contributed by atoms with Crippen molar-refractivity contribution in [3.63, 3.8) is 0 Å². The van der Waals surface area contributed by atoms with Gasteiger partial charge in [0, 0.05) is 23.8 Å². The van der Waals surface area contributed by atoms with Crippen LogP contribution in [0, 0.1) is 0 Å². The number of anilines is 1. The summed E-state index contributed by atoms with van der Waals surface area (Å²) in [6.45, 7) is 6.73. The van der Waals surface area contributed by atoms with Gasteiger partial charge in [0.25, 0.3) is 0 Å². The van der Waals surface area contributed by atoms with Crippen LogP contribution in [0.1, 0.15) is 38.3 Å². The average molecular weight is 304 g/mol. The van der Waals surface area contributed by atoms with E-state index in [1.54, 1.807) is 0 Å². The quantitative estimate of drug-likeness (QED) is 0.835. The van der Waals surface area contributed by atoms with E-state index in [1.165, 1.54) is 12.1 Å². The highest BCUT2D eigenvalue weighted by Gasteiger charge is 2.34. The summed E-state index contributed by atoms with van der Waals surface area (Å²) < 4.78 is 38.8. The Balaban J connectivity index is 3.33. The Bertz CT molecular complexity index is 486. The van der Waals surface area contributed by atoms with Crippen molar-refractivity contribution in [1.29, 1.82) is 0 Å². The smallest absolute Gasteiger partial charge is 0.389 e. The van der Waals surface area contributed by atoms with Gasteiger partial charge in [-0.3, -0.25) is 0 Å². The summed E-state index contributed by atoms with van der Waals surface area (Å²) in [5.74, 6) is 0.